The lowest BCUT2D eigenvalue weighted by molar-refractivity contribution is -0.154. The first-order valence-electron chi connectivity index (χ1n) is 14.3. The van der Waals surface area contributed by atoms with Gasteiger partial charge in [0.1, 0.15) is 54.1 Å². The highest BCUT2D eigenvalue weighted by Gasteiger charge is 2.58. The maximum atomic E-state index is 14.1. The summed E-state index contributed by atoms with van der Waals surface area (Å²) < 4.78 is 38.3. The third-order valence-electron chi connectivity index (χ3n) is 7.88. The van der Waals surface area contributed by atoms with Gasteiger partial charge in [0.25, 0.3) is 0 Å². The van der Waals surface area contributed by atoms with Gasteiger partial charge in [-0.2, -0.15) is 15.4 Å². The highest BCUT2D eigenvalue weighted by atomic mass is 31.2. The summed E-state index contributed by atoms with van der Waals surface area (Å²) in [7, 11) is -4.34. The predicted octanol–water partition coefficient (Wildman–Crippen LogP) is 2.73. The number of fused-ring (bicyclic) bond motifs is 1. The molecule has 1 aromatic carbocycles. The molecule has 14 nitrogen and oxygen atoms in total. The number of aliphatic hydroxyl groups is 2. The number of nitrogen functional groups attached to an aromatic ring is 1. The van der Waals surface area contributed by atoms with Gasteiger partial charge in [-0.05, 0) is 61.4 Å². The van der Waals surface area contributed by atoms with E-state index in [0.717, 1.165) is 24.8 Å². The molecule has 6 atom stereocenters. The molecule has 15 heteroatoms. The van der Waals surface area contributed by atoms with Crippen LogP contribution in [0.1, 0.15) is 58.2 Å². The van der Waals surface area contributed by atoms with Crippen molar-refractivity contribution in [2.45, 2.75) is 88.4 Å². The van der Waals surface area contributed by atoms with E-state index in [9.17, 15) is 24.8 Å². The summed E-state index contributed by atoms with van der Waals surface area (Å²) >= 11 is 0. The average Bonchev–Trinajstić information content (AvgIpc) is 3.50. The third kappa shape index (κ3) is 6.17. The Morgan fingerprint density at radius 2 is 1.98 bits per heavy atom. The van der Waals surface area contributed by atoms with Gasteiger partial charge in [0.15, 0.2) is 5.82 Å². The molecule has 0 radical (unpaired) electrons. The molecule has 2 fully saturated rings. The molecule has 0 amide bonds. The lowest BCUT2D eigenvalue weighted by Crippen LogP contribution is -2.41. The molecule has 236 valence electrons. The zero-order chi connectivity index (χ0) is 31.9. The Bertz CT molecular complexity index is 1600. The second kappa shape index (κ2) is 12.1. The van der Waals surface area contributed by atoms with Gasteiger partial charge < -0.3 is 29.9 Å². The maximum Gasteiger partial charge on any atom is 0.459 e. The number of hydrogen-bond acceptors (Lipinski definition) is 12. The number of hydrogen-bond donors (Lipinski definition) is 4. The van der Waals surface area contributed by atoms with Crippen LogP contribution in [0.5, 0.6) is 5.75 Å². The Balaban J connectivity index is 1.37. The van der Waals surface area contributed by atoms with Crippen molar-refractivity contribution < 1.29 is 38.1 Å². The van der Waals surface area contributed by atoms with E-state index in [1.165, 1.54) is 23.8 Å². The number of nitrogens with two attached hydrogens (primary N) is 1. The number of nitriles is 1. The predicted molar refractivity (Wildman–Crippen MR) is 157 cm³/mol. The van der Waals surface area contributed by atoms with Crippen molar-refractivity contribution in [1.29, 1.82) is 5.26 Å². The number of esters is 1. The van der Waals surface area contributed by atoms with E-state index in [4.69, 9.17) is 24.3 Å². The van der Waals surface area contributed by atoms with Gasteiger partial charge in [-0.3, -0.25) is 9.32 Å². The number of anilines is 1. The van der Waals surface area contributed by atoms with E-state index in [-0.39, 0.29) is 28.8 Å². The van der Waals surface area contributed by atoms with Gasteiger partial charge in [-0.15, -0.1) is 0 Å². The molecule has 5 N–H and O–H groups in total. The molecule has 3 heterocycles. The molecule has 3 aromatic rings. The van der Waals surface area contributed by atoms with E-state index in [0.29, 0.717) is 5.52 Å². The standard InChI is InChI=1S/C29H37N6O8P/c1-17(27(38)41-19-6-5-7-19)34-44(39,43-20-10-8-18(9-11-20)28(2,3)4)40-14-22-24(36)25(37)29(15-30,42-22)23-13-12-21-26(31)32-16-33-35(21)23/h8-13,16-17,19,22,24-25,36-37H,5-7,14H2,1-4H3,(H,34,39)(H2,31,32,33)/t17-,22+,24+,25+,29-,44?/m0/s1. The van der Waals surface area contributed by atoms with E-state index in [2.05, 4.69) is 35.9 Å². The van der Waals surface area contributed by atoms with E-state index in [1.807, 2.05) is 18.2 Å². The summed E-state index contributed by atoms with van der Waals surface area (Å²) in [6, 6.07) is 10.8. The van der Waals surface area contributed by atoms with Gasteiger partial charge in [-0.1, -0.05) is 32.9 Å². The second-order valence-electron chi connectivity index (χ2n) is 12.1. The molecule has 0 spiro atoms. The highest BCUT2D eigenvalue weighted by Crippen LogP contribution is 2.47. The fourth-order valence-electron chi connectivity index (χ4n) is 5.01. The molecular weight excluding hydrogens is 591 g/mol. The number of aromatic nitrogens is 3. The number of carbonyl (C=O) groups is 1. The van der Waals surface area contributed by atoms with Crippen LogP contribution >= 0.6 is 7.75 Å². The van der Waals surface area contributed by atoms with Crippen LogP contribution in [-0.4, -0.2) is 67.8 Å². The van der Waals surface area contributed by atoms with Crippen molar-refractivity contribution in [2.24, 2.45) is 0 Å². The van der Waals surface area contributed by atoms with Gasteiger partial charge in [0, 0.05) is 0 Å². The van der Waals surface area contributed by atoms with Crippen LogP contribution in [0.15, 0.2) is 42.7 Å². The Kier molecular flexibility index (Phi) is 8.74. The van der Waals surface area contributed by atoms with Gasteiger partial charge in [0.2, 0.25) is 5.60 Å². The number of ether oxygens (including phenoxy) is 2. The minimum Gasteiger partial charge on any atom is -0.461 e. The van der Waals surface area contributed by atoms with Crippen molar-refractivity contribution in [3.05, 3.63) is 54.0 Å². The Labute approximate surface area is 254 Å². The largest absolute Gasteiger partial charge is 0.461 e. The minimum atomic E-state index is -4.34. The first-order valence-corrected chi connectivity index (χ1v) is 15.9. The lowest BCUT2D eigenvalue weighted by atomic mass is 9.87. The monoisotopic (exact) mass is 628 g/mol. The Hall–Kier alpha value is -3.57. The van der Waals surface area contributed by atoms with Crippen LogP contribution in [0.25, 0.3) is 5.52 Å². The fraction of sp³-hybridized carbons (Fsp3) is 0.517. The molecule has 1 aliphatic carbocycles. The third-order valence-corrected chi connectivity index (χ3v) is 9.53. The van der Waals surface area contributed by atoms with Crippen molar-refractivity contribution in [3.63, 3.8) is 0 Å². The van der Waals surface area contributed by atoms with E-state index in [1.54, 1.807) is 18.2 Å². The van der Waals surface area contributed by atoms with E-state index >= 15 is 0 Å². The van der Waals surface area contributed by atoms with Crippen LogP contribution in [0.2, 0.25) is 0 Å². The van der Waals surface area contributed by atoms with E-state index < -0.39 is 50.3 Å². The molecule has 2 aromatic heterocycles. The molecule has 0 bridgehead atoms. The zero-order valence-electron chi connectivity index (χ0n) is 24.9. The molecular formula is C29H37N6O8P. The number of nitrogens with zero attached hydrogens (tertiary/aromatic N) is 4. The molecule has 44 heavy (non-hydrogen) atoms. The van der Waals surface area contributed by atoms with Crippen LogP contribution in [-0.2, 0) is 34.4 Å². The Morgan fingerprint density at radius 1 is 1.27 bits per heavy atom. The van der Waals surface area contributed by atoms with Crippen LogP contribution in [0.4, 0.5) is 5.82 Å². The quantitative estimate of drug-likeness (QED) is 0.189. The SMILES string of the molecule is C[C@H](NP(=O)(OC[C@H]1O[C@@](C#N)(c2ccc3c(N)ncnn23)[C@H](O)[C@@H]1O)Oc1ccc(C(C)(C)C)cc1)C(=O)OC1CCC1. The number of carbonyl (C=O) groups excluding carboxylic acids is 1. The normalized spacial score (nSPS) is 26.0. The van der Waals surface area contributed by atoms with Crippen LogP contribution in [0.3, 0.4) is 0 Å². The van der Waals surface area contributed by atoms with Crippen LogP contribution < -0.4 is 15.3 Å². The lowest BCUT2D eigenvalue weighted by Gasteiger charge is -2.28. The summed E-state index contributed by atoms with van der Waals surface area (Å²) in [6.07, 6.45) is -1.24. The minimum absolute atomic E-state index is 0.0991. The van der Waals surface area contributed by atoms with Crippen molar-refractivity contribution >= 4 is 25.1 Å². The molecule has 1 saturated carbocycles. The summed E-state index contributed by atoms with van der Waals surface area (Å²) in [5.41, 5.74) is 5.18. The molecule has 5 rings (SSSR count). The first-order chi connectivity index (χ1) is 20.8. The van der Waals surface area contributed by atoms with Crippen molar-refractivity contribution in [1.82, 2.24) is 19.7 Å². The molecule has 1 saturated heterocycles. The van der Waals surface area contributed by atoms with Gasteiger partial charge in [-0.25, -0.2) is 14.1 Å². The second-order valence-corrected chi connectivity index (χ2v) is 13.8. The Morgan fingerprint density at radius 3 is 2.59 bits per heavy atom. The van der Waals surface area contributed by atoms with Crippen molar-refractivity contribution in [2.75, 3.05) is 12.3 Å². The summed E-state index contributed by atoms with van der Waals surface area (Å²) in [4.78, 5) is 16.6. The van der Waals surface area contributed by atoms with Crippen LogP contribution in [0, 0.1) is 11.3 Å². The maximum absolute atomic E-state index is 14.1. The van der Waals surface area contributed by atoms with Gasteiger partial charge >= 0.3 is 13.7 Å². The summed E-state index contributed by atoms with van der Waals surface area (Å²) in [6.45, 7) is 7.04. The number of benzene rings is 1. The number of nitrogens with one attached hydrogen (secondary N) is 1. The number of aliphatic hydroxyl groups excluding tert-OH is 2. The summed E-state index contributed by atoms with van der Waals surface area (Å²) in [5.74, 6) is -0.288. The molecule has 1 aliphatic heterocycles. The van der Waals surface area contributed by atoms with Gasteiger partial charge in [0.05, 0.1) is 12.3 Å². The first kappa shape index (κ1) is 31.8. The van der Waals surface area contributed by atoms with Crippen molar-refractivity contribution in [3.8, 4) is 11.8 Å². The molecule has 1 unspecified atom stereocenters. The average molecular weight is 629 g/mol. The fourth-order valence-corrected chi connectivity index (χ4v) is 6.51. The topological polar surface area (TPSA) is 204 Å². The summed E-state index contributed by atoms with van der Waals surface area (Å²) in [5, 5.41) is 38.9. The highest BCUT2D eigenvalue weighted by molar-refractivity contribution is 7.52. The molecule has 2 aliphatic rings. The zero-order valence-corrected chi connectivity index (χ0v) is 25.8. The smallest absolute Gasteiger partial charge is 0.459 e. The number of rotatable bonds is 10.